The van der Waals surface area contributed by atoms with E-state index in [1.54, 1.807) is 0 Å². The van der Waals surface area contributed by atoms with Crippen LogP contribution in [0, 0.1) is 18.3 Å². The number of hydrogen-bond donors (Lipinski definition) is 1. The number of aryl methyl sites for hydroxylation is 1. The maximum Gasteiger partial charge on any atom is 0.101 e. The normalized spacial score (nSPS) is 19.6. The summed E-state index contributed by atoms with van der Waals surface area (Å²) in [5, 5.41) is 12.9. The molecule has 0 radical (unpaired) electrons. The number of anilines is 1. The second kappa shape index (κ2) is 5.63. The van der Waals surface area contributed by atoms with Crippen LogP contribution in [0.3, 0.4) is 0 Å². The molecule has 102 valence electrons. The molecule has 1 aromatic rings. The average Bonchev–Trinajstić information content (AvgIpc) is 2.38. The molecule has 2 rings (SSSR count). The zero-order valence-corrected chi connectivity index (χ0v) is 12.3. The monoisotopic (exact) mass is 257 g/mol. The van der Waals surface area contributed by atoms with Crippen LogP contribution in [0.1, 0.15) is 43.4 Å². The molecular formula is C16H23N3. The minimum atomic E-state index is 0.461. The molecule has 0 spiro atoms. The van der Waals surface area contributed by atoms with E-state index in [9.17, 15) is 5.26 Å². The van der Waals surface area contributed by atoms with E-state index in [0.717, 1.165) is 30.9 Å². The van der Waals surface area contributed by atoms with Gasteiger partial charge in [-0.05, 0) is 43.0 Å². The third-order valence-electron chi connectivity index (χ3n) is 3.84. The number of hydrogen-bond acceptors (Lipinski definition) is 3. The van der Waals surface area contributed by atoms with E-state index >= 15 is 0 Å². The highest BCUT2D eigenvalue weighted by molar-refractivity contribution is 5.63. The first-order chi connectivity index (χ1) is 9.02. The molecule has 0 saturated carbocycles. The topological polar surface area (TPSA) is 39.1 Å². The maximum atomic E-state index is 9.42. The van der Waals surface area contributed by atoms with E-state index in [1.165, 1.54) is 11.1 Å². The second-order valence-electron chi connectivity index (χ2n) is 5.79. The largest absolute Gasteiger partial charge is 0.368 e. The molecule has 1 unspecified atom stereocenters. The van der Waals surface area contributed by atoms with E-state index in [2.05, 4.69) is 56.1 Å². The Balaban J connectivity index is 2.40. The van der Waals surface area contributed by atoms with E-state index in [1.807, 2.05) is 0 Å². The Kier molecular flexibility index (Phi) is 4.11. The van der Waals surface area contributed by atoms with Crippen molar-refractivity contribution in [1.29, 1.82) is 5.26 Å². The summed E-state index contributed by atoms with van der Waals surface area (Å²) >= 11 is 0. The summed E-state index contributed by atoms with van der Waals surface area (Å²) in [5.41, 5.74) is 4.47. The van der Waals surface area contributed by atoms with Gasteiger partial charge < -0.3 is 10.2 Å². The lowest BCUT2D eigenvalue weighted by Crippen LogP contribution is -2.49. The smallest absolute Gasteiger partial charge is 0.101 e. The number of piperazine rings is 1. The number of nitrogens with zero attached hydrogens (tertiary/aromatic N) is 2. The van der Waals surface area contributed by atoms with Crippen LogP contribution in [0.4, 0.5) is 5.69 Å². The molecule has 19 heavy (non-hydrogen) atoms. The van der Waals surface area contributed by atoms with Crippen LogP contribution in [0.15, 0.2) is 12.1 Å². The Morgan fingerprint density at radius 3 is 2.74 bits per heavy atom. The van der Waals surface area contributed by atoms with Gasteiger partial charge in [-0.2, -0.15) is 5.26 Å². The van der Waals surface area contributed by atoms with Crippen LogP contribution < -0.4 is 10.2 Å². The van der Waals surface area contributed by atoms with Crippen molar-refractivity contribution < 1.29 is 0 Å². The summed E-state index contributed by atoms with van der Waals surface area (Å²) in [6, 6.07) is 7.10. The van der Waals surface area contributed by atoms with Gasteiger partial charge in [0, 0.05) is 25.7 Å². The fourth-order valence-corrected chi connectivity index (χ4v) is 2.83. The summed E-state index contributed by atoms with van der Waals surface area (Å²) in [6.07, 6.45) is 0. The number of rotatable bonds is 2. The van der Waals surface area contributed by atoms with E-state index in [4.69, 9.17) is 0 Å². The molecule has 1 aromatic carbocycles. The molecule has 1 N–H and O–H groups in total. The summed E-state index contributed by atoms with van der Waals surface area (Å²) in [5.74, 6) is 0.461. The fourth-order valence-electron chi connectivity index (χ4n) is 2.83. The molecular weight excluding hydrogens is 234 g/mol. The van der Waals surface area contributed by atoms with Gasteiger partial charge in [-0.15, -0.1) is 0 Å². The van der Waals surface area contributed by atoms with Crippen molar-refractivity contribution in [3.05, 3.63) is 28.8 Å². The van der Waals surface area contributed by atoms with Gasteiger partial charge in [-0.1, -0.05) is 13.8 Å². The lowest BCUT2D eigenvalue weighted by atomic mass is 9.94. The first kappa shape index (κ1) is 13.9. The van der Waals surface area contributed by atoms with Gasteiger partial charge in [-0.3, -0.25) is 0 Å². The van der Waals surface area contributed by atoms with Crippen LogP contribution in [0.5, 0.6) is 0 Å². The number of nitrogens with one attached hydrogen (secondary N) is 1. The predicted octanol–water partition coefficient (Wildman–Crippen LogP) is 2.79. The van der Waals surface area contributed by atoms with Crippen LogP contribution in [-0.4, -0.2) is 25.7 Å². The SMILES string of the molecule is Cc1cc(N2CCNC(C)C2)c(C#N)cc1C(C)C. The van der Waals surface area contributed by atoms with E-state index in [0.29, 0.717) is 12.0 Å². The standard InChI is InChI=1S/C16H23N3/c1-11(2)15-8-14(9-17)16(7-12(15)3)19-6-5-18-13(4)10-19/h7-8,11,13,18H,5-6,10H2,1-4H3. The molecule has 0 amide bonds. The lowest BCUT2D eigenvalue weighted by molar-refractivity contribution is 0.484. The van der Waals surface area contributed by atoms with Gasteiger partial charge >= 0.3 is 0 Å². The molecule has 1 aliphatic rings. The van der Waals surface area contributed by atoms with Gasteiger partial charge in [0.1, 0.15) is 6.07 Å². The van der Waals surface area contributed by atoms with Crippen LogP contribution in [0.2, 0.25) is 0 Å². The number of benzene rings is 1. The van der Waals surface area contributed by atoms with Crippen molar-refractivity contribution in [1.82, 2.24) is 5.32 Å². The predicted molar refractivity (Wildman–Crippen MR) is 79.7 cm³/mol. The molecule has 1 saturated heterocycles. The maximum absolute atomic E-state index is 9.42. The Hall–Kier alpha value is -1.53. The molecule has 0 bridgehead atoms. The van der Waals surface area contributed by atoms with Gasteiger partial charge in [0.15, 0.2) is 0 Å². The second-order valence-corrected chi connectivity index (χ2v) is 5.79. The van der Waals surface area contributed by atoms with Crippen molar-refractivity contribution in [2.75, 3.05) is 24.5 Å². The third kappa shape index (κ3) is 2.90. The molecule has 3 heteroatoms. The summed E-state index contributed by atoms with van der Waals surface area (Å²) in [6.45, 7) is 11.6. The highest BCUT2D eigenvalue weighted by Gasteiger charge is 2.20. The first-order valence-electron chi connectivity index (χ1n) is 7.06. The minimum Gasteiger partial charge on any atom is -0.368 e. The van der Waals surface area contributed by atoms with Gasteiger partial charge in [0.05, 0.1) is 11.3 Å². The van der Waals surface area contributed by atoms with Crippen molar-refractivity contribution in [2.24, 2.45) is 0 Å². The molecule has 0 aliphatic carbocycles. The van der Waals surface area contributed by atoms with Crippen molar-refractivity contribution in [3.63, 3.8) is 0 Å². The zero-order chi connectivity index (χ0) is 14.0. The van der Waals surface area contributed by atoms with Gasteiger partial charge in [0.2, 0.25) is 0 Å². The van der Waals surface area contributed by atoms with Crippen LogP contribution >= 0.6 is 0 Å². The van der Waals surface area contributed by atoms with Crippen molar-refractivity contribution in [2.45, 2.75) is 39.7 Å². The Morgan fingerprint density at radius 2 is 2.16 bits per heavy atom. The highest BCUT2D eigenvalue weighted by atomic mass is 15.2. The molecule has 1 atom stereocenters. The van der Waals surface area contributed by atoms with Crippen molar-refractivity contribution in [3.8, 4) is 6.07 Å². The van der Waals surface area contributed by atoms with E-state index < -0.39 is 0 Å². The molecule has 1 heterocycles. The minimum absolute atomic E-state index is 0.461. The van der Waals surface area contributed by atoms with E-state index in [-0.39, 0.29) is 0 Å². The highest BCUT2D eigenvalue weighted by Crippen LogP contribution is 2.29. The molecule has 1 aliphatic heterocycles. The Morgan fingerprint density at radius 1 is 1.42 bits per heavy atom. The van der Waals surface area contributed by atoms with Crippen LogP contribution in [-0.2, 0) is 0 Å². The molecule has 3 nitrogen and oxygen atoms in total. The van der Waals surface area contributed by atoms with Gasteiger partial charge in [-0.25, -0.2) is 0 Å². The third-order valence-corrected chi connectivity index (χ3v) is 3.84. The van der Waals surface area contributed by atoms with Crippen LogP contribution in [0.25, 0.3) is 0 Å². The summed E-state index contributed by atoms with van der Waals surface area (Å²) in [7, 11) is 0. The van der Waals surface area contributed by atoms with Gasteiger partial charge in [0.25, 0.3) is 0 Å². The fraction of sp³-hybridized carbons (Fsp3) is 0.562. The first-order valence-corrected chi connectivity index (χ1v) is 7.06. The quantitative estimate of drug-likeness (QED) is 0.885. The summed E-state index contributed by atoms with van der Waals surface area (Å²) in [4.78, 5) is 2.33. The molecule has 1 fully saturated rings. The summed E-state index contributed by atoms with van der Waals surface area (Å²) < 4.78 is 0. The number of nitriles is 1. The Labute approximate surface area is 116 Å². The average molecular weight is 257 g/mol. The zero-order valence-electron chi connectivity index (χ0n) is 12.3. The lowest BCUT2D eigenvalue weighted by Gasteiger charge is -2.34. The van der Waals surface area contributed by atoms with Crippen molar-refractivity contribution >= 4 is 5.69 Å². The Bertz CT molecular complexity index is 499. The molecule has 0 aromatic heterocycles.